The van der Waals surface area contributed by atoms with E-state index in [-0.39, 0.29) is 5.82 Å². The topological polar surface area (TPSA) is 52.3 Å². The van der Waals surface area contributed by atoms with Crippen LogP contribution in [0, 0.1) is 5.82 Å². The average Bonchev–Trinajstić information content (AvgIpc) is 3.42. The van der Waals surface area contributed by atoms with Crippen molar-refractivity contribution in [1.82, 2.24) is 14.8 Å². The summed E-state index contributed by atoms with van der Waals surface area (Å²) in [6, 6.07) is 14.7. The smallest absolute Gasteiger partial charge is 0.227 e. The second-order valence-corrected chi connectivity index (χ2v) is 8.63. The van der Waals surface area contributed by atoms with Crippen molar-refractivity contribution in [3.8, 4) is 0 Å². The van der Waals surface area contributed by atoms with E-state index in [9.17, 15) is 4.39 Å². The molecule has 0 spiro atoms. The third-order valence-corrected chi connectivity index (χ3v) is 6.31. The minimum Gasteiger partial charge on any atom is -0.474 e. The molecule has 28 heavy (non-hydrogen) atoms. The molecule has 0 saturated heterocycles. The molecule has 8 heteroatoms. The fourth-order valence-electron chi connectivity index (χ4n) is 3.35. The third-order valence-electron chi connectivity index (χ3n) is 4.73. The summed E-state index contributed by atoms with van der Waals surface area (Å²) in [4.78, 5) is 9.95. The standard InChI is InChI=1S/C20H14BrFN4OS/c21-15-4-1-13-7-18(28-17(13)8-15)19-25-20(10-27-19,9-26-12-23-11-24-26)14-2-5-16(22)6-3-14/h1-8,11-12H,9-10H2. The largest absolute Gasteiger partial charge is 0.474 e. The molecule has 1 atom stereocenters. The normalized spacial score (nSPS) is 19.0. The predicted molar refractivity (Wildman–Crippen MR) is 110 cm³/mol. The van der Waals surface area contributed by atoms with Gasteiger partial charge in [0, 0.05) is 9.17 Å². The van der Waals surface area contributed by atoms with E-state index < -0.39 is 5.54 Å². The first kappa shape index (κ1) is 17.5. The maximum Gasteiger partial charge on any atom is 0.227 e. The second-order valence-electron chi connectivity index (χ2n) is 6.63. The van der Waals surface area contributed by atoms with E-state index in [4.69, 9.17) is 9.73 Å². The zero-order valence-electron chi connectivity index (χ0n) is 14.5. The van der Waals surface area contributed by atoms with E-state index in [0.29, 0.717) is 19.0 Å². The highest BCUT2D eigenvalue weighted by molar-refractivity contribution is 9.10. The van der Waals surface area contributed by atoms with Gasteiger partial charge in [-0.15, -0.1) is 11.3 Å². The molecule has 0 saturated carbocycles. The molecule has 140 valence electrons. The van der Waals surface area contributed by atoms with Crippen LogP contribution in [-0.4, -0.2) is 27.3 Å². The summed E-state index contributed by atoms with van der Waals surface area (Å²) in [5, 5.41) is 5.36. The van der Waals surface area contributed by atoms with Crippen molar-refractivity contribution in [2.75, 3.05) is 6.61 Å². The SMILES string of the molecule is Fc1ccc(C2(Cn3cncn3)COC(c3cc4ccc(Br)cc4s3)=N2)cc1. The van der Waals surface area contributed by atoms with Crippen LogP contribution in [0.25, 0.3) is 10.1 Å². The zero-order chi connectivity index (χ0) is 19.1. The Morgan fingerprint density at radius 1 is 1.18 bits per heavy atom. The molecule has 4 aromatic rings. The van der Waals surface area contributed by atoms with Crippen LogP contribution in [0.5, 0.6) is 0 Å². The maximum absolute atomic E-state index is 13.5. The first-order valence-electron chi connectivity index (χ1n) is 8.62. The lowest BCUT2D eigenvalue weighted by Gasteiger charge is -2.24. The molecule has 5 rings (SSSR count). The third kappa shape index (κ3) is 3.12. The minimum atomic E-state index is -0.687. The van der Waals surface area contributed by atoms with E-state index in [1.165, 1.54) is 18.5 Å². The van der Waals surface area contributed by atoms with Gasteiger partial charge in [0.25, 0.3) is 0 Å². The molecule has 2 aromatic carbocycles. The van der Waals surface area contributed by atoms with Crippen LogP contribution in [0.15, 0.2) is 70.7 Å². The number of benzene rings is 2. The van der Waals surface area contributed by atoms with Crippen molar-refractivity contribution in [3.63, 3.8) is 0 Å². The highest BCUT2D eigenvalue weighted by Crippen LogP contribution is 2.37. The van der Waals surface area contributed by atoms with Gasteiger partial charge in [0.1, 0.15) is 30.6 Å². The van der Waals surface area contributed by atoms with Gasteiger partial charge < -0.3 is 4.74 Å². The van der Waals surface area contributed by atoms with Crippen molar-refractivity contribution in [2.45, 2.75) is 12.1 Å². The number of rotatable bonds is 4. The fraction of sp³-hybridized carbons (Fsp3) is 0.150. The zero-order valence-corrected chi connectivity index (χ0v) is 17.0. The Bertz CT molecular complexity index is 1170. The van der Waals surface area contributed by atoms with E-state index in [0.717, 1.165) is 25.0 Å². The summed E-state index contributed by atoms with van der Waals surface area (Å²) < 4.78 is 23.4. The van der Waals surface area contributed by atoms with E-state index in [2.05, 4.69) is 44.2 Å². The Balaban J connectivity index is 1.59. The van der Waals surface area contributed by atoms with Gasteiger partial charge in [0.2, 0.25) is 5.90 Å². The fourth-order valence-corrected chi connectivity index (χ4v) is 4.90. The lowest BCUT2D eigenvalue weighted by atomic mass is 9.91. The highest BCUT2D eigenvalue weighted by atomic mass is 79.9. The molecular formula is C20H14BrFN4OS. The quantitative estimate of drug-likeness (QED) is 0.444. The molecule has 0 radical (unpaired) electrons. The van der Waals surface area contributed by atoms with Crippen LogP contribution in [0.2, 0.25) is 0 Å². The molecule has 1 unspecified atom stereocenters. The number of thiophene rings is 1. The minimum absolute atomic E-state index is 0.280. The van der Waals surface area contributed by atoms with Gasteiger partial charge in [-0.2, -0.15) is 5.10 Å². The number of aliphatic imine (C=N–C) groups is 1. The van der Waals surface area contributed by atoms with Crippen LogP contribution in [0.3, 0.4) is 0 Å². The van der Waals surface area contributed by atoms with Gasteiger partial charge >= 0.3 is 0 Å². The Morgan fingerprint density at radius 3 is 2.82 bits per heavy atom. The Kier molecular flexibility index (Phi) is 4.25. The van der Waals surface area contributed by atoms with Crippen molar-refractivity contribution in [3.05, 3.63) is 81.9 Å². The number of aromatic nitrogens is 3. The molecular weight excluding hydrogens is 443 g/mol. The van der Waals surface area contributed by atoms with Crippen molar-refractivity contribution < 1.29 is 9.13 Å². The van der Waals surface area contributed by atoms with E-state index >= 15 is 0 Å². The highest BCUT2D eigenvalue weighted by Gasteiger charge is 2.40. The number of nitrogens with zero attached hydrogens (tertiary/aromatic N) is 4. The van der Waals surface area contributed by atoms with Crippen molar-refractivity contribution in [1.29, 1.82) is 0 Å². The van der Waals surface area contributed by atoms with Crippen LogP contribution in [-0.2, 0) is 16.8 Å². The average molecular weight is 457 g/mol. The molecule has 0 aliphatic carbocycles. The molecule has 0 amide bonds. The van der Waals surface area contributed by atoms with Gasteiger partial charge in [-0.1, -0.05) is 34.1 Å². The number of ether oxygens (including phenoxy) is 1. The van der Waals surface area contributed by atoms with Gasteiger partial charge in [0.05, 0.1) is 11.4 Å². The van der Waals surface area contributed by atoms with Crippen LogP contribution >= 0.6 is 27.3 Å². The van der Waals surface area contributed by atoms with Crippen LogP contribution < -0.4 is 0 Å². The first-order valence-corrected chi connectivity index (χ1v) is 10.2. The molecule has 1 aliphatic heterocycles. The first-order chi connectivity index (χ1) is 13.6. The summed E-state index contributed by atoms with van der Waals surface area (Å²) in [6.45, 7) is 0.810. The molecule has 0 fully saturated rings. The summed E-state index contributed by atoms with van der Waals surface area (Å²) >= 11 is 5.15. The molecule has 0 N–H and O–H groups in total. The van der Waals surface area contributed by atoms with E-state index in [1.807, 2.05) is 6.07 Å². The number of hydrogen-bond acceptors (Lipinski definition) is 5. The molecule has 5 nitrogen and oxygen atoms in total. The van der Waals surface area contributed by atoms with Crippen molar-refractivity contribution in [2.24, 2.45) is 4.99 Å². The molecule has 2 aromatic heterocycles. The van der Waals surface area contributed by atoms with Crippen LogP contribution in [0.4, 0.5) is 4.39 Å². The van der Waals surface area contributed by atoms with E-state index in [1.54, 1.807) is 34.5 Å². The summed E-state index contributed by atoms with van der Waals surface area (Å²) in [6.07, 6.45) is 3.14. The Hall–Kier alpha value is -2.58. The van der Waals surface area contributed by atoms with Gasteiger partial charge in [0.15, 0.2) is 0 Å². The molecule has 0 bridgehead atoms. The Morgan fingerprint density at radius 2 is 2.04 bits per heavy atom. The summed E-state index contributed by atoms with van der Waals surface area (Å²) in [5.74, 6) is 0.319. The monoisotopic (exact) mass is 456 g/mol. The lowest BCUT2D eigenvalue weighted by molar-refractivity contribution is 0.230. The van der Waals surface area contributed by atoms with Gasteiger partial charge in [-0.25, -0.2) is 14.4 Å². The van der Waals surface area contributed by atoms with Gasteiger partial charge in [-0.3, -0.25) is 4.68 Å². The molecule has 3 heterocycles. The maximum atomic E-state index is 13.5. The number of fused-ring (bicyclic) bond motifs is 1. The van der Waals surface area contributed by atoms with Gasteiger partial charge in [-0.05, 0) is 41.3 Å². The Labute approximate surface area is 172 Å². The predicted octanol–water partition coefficient (Wildman–Crippen LogP) is 4.77. The molecule has 1 aliphatic rings. The number of halogens is 2. The lowest BCUT2D eigenvalue weighted by Crippen LogP contribution is -2.31. The van der Waals surface area contributed by atoms with Crippen molar-refractivity contribution >= 4 is 43.3 Å². The summed E-state index contributed by atoms with van der Waals surface area (Å²) in [5.41, 5.74) is 0.191. The second kappa shape index (κ2) is 6.79. The van der Waals surface area contributed by atoms with Crippen LogP contribution in [0.1, 0.15) is 10.4 Å². The number of hydrogen-bond donors (Lipinski definition) is 0. The summed E-state index contributed by atoms with van der Waals surface area (Å²) in [7, 11) is 0.